The average molecular weight is 149 g/mol. The summed E-state index contributed by atoms with van der Waals surface area (Å²) in [7, 11) is 1.35. The molecule has 4 heteroatoms. The number of anilines is 1. The highest BCUT2D eigenvalue weighted by Gasteiger charge is 1.95. The third-order valence-electron chi connectivity index (χ3n) is 1.12. The zero-order chi connectivity index (χ0) is 8.27. The second-order valence-electron chi connectivity index (χ2n) is 2.17. The number of benzene rings is 1. The molecule has 0 bridgehead atoms. The monoisotopic (exact) mass is 149 g/mol. The SMILES string of the molecule is BC(=O)Oc1cccc(N)c1. The standard InChI is InChI=1S/C7H8BNO2/c8-7(10)11-6-3-1-2-5(9)4-6/h1-4H,8-9H2. The van der Waals surface area contributed by atoms with E-state index in [1.54, 1.807) is 24.3 Å². The molecule has 1 aromatic carbocycles. The Morgan fingerprint density at radius 2 is 2.27 bits per heavy atom. The number of ether oxygens (including phenoxy) is 1. The van der Waals surface area contributed by atoms with Gasteiger partial charge < -0.3 is 10.5 Å². The van der Waals surface area contributed by atoms with Gasteiger partial charge in [-0.05, 0) is 12.1 Å². The van der Waals surface area contributed by atoms with E-state index in [4.69, 9.17) is 10.5 Å². The molecule has 0 heterocycles. The average Bonchev–Trinajstić information content (AvgIpc) is 1.85. The molecule has 0 aliphatic heterocycles. The molecule has 0 saturated carbocycles. The van der Waals surface area contributed by atoms with Crippen LogP contribution < -0.4 is 10.5 Å². The molecule has 1 rings (SSSR count). The Morgan fingerprint density at radius 3 is 2.82 bits per heavy atom. The highest BCUT2D eigenvalue weighted by molar-refractivity contribution is 6.55. The van der Waals surface area contributed by atoms with Crippen molar-refractivity contribution in [1.82, 2.24) is 0 Å². The van der Waals surface area contributed by atoms with E-state index in [2.05, 4.69) is 0 Å². The summed E-state index contributed by atoms with van der Waals surface area (Å²) in [6.45, 7) is 0. The van der Waals surface area contributed by atoms with Crippen LogP contribution in [0.4, 0.5) is 10.5 Å². The van der Waals surface area contributed by atoms with Gasteiger partial charge in [0.1, 0.15) is 5.75 Å². The van der Waals surface area contributed by atoms with Crippen LogP contribution in [-0.4, -0.2) is 13.7 Å². The molecule has 0 fully saturated rings. The van der Waals surface area contributed by atoms with Crippen LogP contribution in [0.2, 0.25) is 0 Å². The highest BCUT2D eigenvalue weighted by Crippen LogP contribution is 2.13. The molecule has 0 radical (unpaired) electrons. The quantitative estimate of drug-likeness (QED) is 0.464. The molecule has 0 unspecified atom stereocenters. The maximum Gasteiger partial charge on any atom is 0.248 e. The molecule has 0 atom stereocenters. The van der Waals surface area contributed by atoms with E-state index in [9.17, 15) is 4.79 Å². The Labute approximate surface area is 65.6 Å². The predicted molar refractivity (Wildman–Crippen MR) is 45.4 cm³/mol. The van der Waals surface area contributed by atoms with E-state index in [1.165, 1.54) is 7.85 Å². The van der Waals surface area contributed by atoms with E-state index < -0.39 is 0 Å². The molecule has 0 saturated heterocycles. The van der Waals surface area contributed by atoms with E-state index in [-0.39, 0.29) is 5.87 Å². The summed E-state index contributed by atoms with van der Waals surface area (Å²) < 4.78 is 4.78. The van der Waals surface area contributed by atoms with Crippen molar-refractivity contribution in [3.8, 4) is 5.75 Å². The topological polar surface area (TPSA) is 52.3 Å². The normalized spacial score (nSPS) is 9.09. The van der Waals surface area contributed by atoms with Crippen LogP contribution in [0.3, 0.4) is 0 Å². The maximum absolute atomic E-state index is 10.5. The van der Waals surface area contributed by atoms with Crippen molar-refractivity contribution in [3.63, 3.8) is 0 Å². The van der Waals surface area contributed by atoms with Gasteiger partial charge in [-0.1, -0.05) is 6.07 Å². The molecule has 0 aromatic heterocycles. The van der Waals surface area contributed by atoms with Crippen LogP contribution in [0.1, 0.15) is 0 Å². The molecule has 3 nitrogen and oxygen atoms in total. The number of rotatable bonds is 1. The fourth-order valence-electron chi connectivity index (χ4n) is 0.744. The molecule has 1 aromatic rings. The van der Waals surface area contributed by atoms with Gasteiger partial charge in [0.2, 0.25) is 13.7 Å². The largest absolute Gasteiger partial charge is 0.435 e. The van der Waals surface area contributed by atoms with E-state index in [0.717, 1.165) is 0 Å². The van der Waals surface area contributed by atoms with Gasteiger partial charge in [0.05, 0.1) is 0 Å². The lowest BCUT2D eigenvalue weighted by Gasteiger charge is -2.00. The number of hydrogen-bond acceptors (Lipinski definition) is 3. The van der Waals surface area contributed by atoms with Gasteiger partial charge in [0.25, 0.3) is 0 Å². The predicted octanol–water partition coefficient (Wildman–Crippen LogP) is 0.401. The minimum absolute atomic E-state index is 0.337. The van der Waals surface area contributed by atoms with Gasteiger partial charge in [-0.25, -0.2) is 0 Å². The van der Waals surface area contributed by atoms with Crippen LogP contribution in [-0.2, 0) is 0 Å². The maximum atomic E-state index is 10.5. The molecular weight excluding hydrogens is 141 g/mol. The summed E-state index contributed by atoms with van der Waals surface area (Å²) in [5.74, 6) is 0.146. The second-order valence-corrected chi connectivity index (χ2v) is 2.17. The van der Waals surface area contributed by atoms with Gasteiger partial charge in [0, 0.05) is 11.8 Å². The van der Waals surface area contributed by atoms with Crippen molar-refractivity contribution in [3.05, 3.63) is 24.3 Å². The number of carbonyl (C=O) groups excluding carboxylic acids is 1. The molecule has 2 N–H and O–H groups in total. The summed E-state index contributed by atoms with van der Waals surface area (Å²) in [4.78, 5) is 10.5. The number of carbonyl (C=O) groups is 1. The fourth-order valence-corrected chi connectivity index (χ4v) is 0.744. The van der Waals surface area contributed by atoms with E-state index in [1.807, 2.05) is 0 Å². The van der Waals surface area contributed by atoms with Crippen LogP contribution in [0.25, 0.3) is 0 Å². The lowest BCUT2D eigenvalue weighted by atomic mass is 10.2. The minimum Gasteiger partial charge on any atom is -0.435 e. The smallest absolute Gasteiger partial charge is 0.248 e. The van der Waals surface area contributed by atoms with Crippen LogP contribution >= 0.6 is 0 Å². The fraction of sp³-hybridized carbons (Fsp3) is 0. The third kappa shape index (κ3) is 2.33. The van der Waals surface area contributed by atoms with Gasteiger partial charge in [-0.15, -0.1) is 0 Å². The Balaban J connectivity index is 2.79. The van der Waals surface area contributed by atoms with Crippen molar-refractivity contribution in [2.75, 3.05) is 5.73 Å². The van der Waals surface area contributed by atoms with Crippen LogP contribution in [0.15, 0.2) is 24.3 Å². The first-order valence-corrected chi connectivity index (χ1v) is 3.22. The first-order valence-electron chi connectivity index (χ1n) is 3.22. The molecule has 0 aliphatic carbocycles. The van der Waals surface area contributed by atoms with Crippen molar-refractivity contribution in [2.45, 2.75) is 0 Å². The zero-order valence-electron chi connectivity index (χ0n) is 6.20. The van der Waals surface area contributed by atoms with Gasteiger partial charge in [-0.2, -0.15) is 0 Å². The lowest BCUT2D eigenvalue weighted by Crippen LogP contribution is -2.03. The number of nitrogen functional groups attached to an aromatic ring is 1. The molecule has 0 amide bonds. The molecule has 0 aliphatic rings. The van der Waals surface area contributed by atoms with Crippen molar-refractivity contribution >= 4 is 19.4 Å². The molecule has 56 valence electrons. The third-order valence-corrected chi connectivity index (χ3v) is 1.12. The van der Waals surface area contributed by atoms with Crippen LogP contribution in [0, 0.1) is 0 Å². The highest BCUT2D eigenvalue weighted by atomic mass is 16.5. The summed E-state index contributed by atoms with van der Waals surface area (Å²) in [6, 6.07) is 6.74. The Bertz CT molecular complexity index is 275. The Hall–Kier alpha value is -1.45. The first-order chi connectivity index (χ1) is 5.18. The first kappa shape index (κ1) is 7.66. The van der Waals surface area contributed by atoms with E-state index in [0.29, 0.717) is 11.4 Å². The van der Waals surface area contributed by atoms with Gasteiger partial charge in [0.15, 0.2) is 0 Å². The minimum atomic E-state index is -0.337. The summed E-state index contributed by atoms with van der Waals surface area (Å²) in [5, 5.41) is 0. The molecular formula is C7H8BNO2. The zero-order valence-corrected chi connectivity index (χ0v) is 6.20. The van der Waals surface area contributed by atoms with E-state index >= 15 is 0 Å². The number of hydrogen-bond donors (Lipinski definition) is 1. The summed E-state index contributed by atoms with van der Waals surface area (Å²) in [5.41, 5.74) is 6.03. The molecule has 0 spiro atoms. The van der Waals surface area contributed by atoms with Gasteiger partial charge >= 0.3 is 0 Å². The number of nitrogens with two attached hydrogens (primary N) is 1. The molecule has 11 heavy (non-hydrogen) atoms. The summed E-state index contributed by atoms with van der Waals surface area (Å²) in [6.07, 6.45) is 0. The Kier molecular flexibility index (Phi) is 2.16. The van der Waals surface area contributed by atoms with Gasteiger partial charge in [-0.3, -0.25) is 4.79 Å². The summed E-state index contributed by atoms with van der Waals surface area (Å²) >= 11 is 0. The second kappa shape index (κ2) is 3.10. The van der Waals surface area contributed by atoms with Crippen molar-refractivity contribution < 1.29 is 9.53 Å². The lowest BCUT2D eigenvalue weighted by molar-refractivity contribution is 0.225. The van der Waals surface area contributed by atoms with Crippen molar-refractivity contribution in [2.24, 2.45) is 0 Å². The van der Waals surface area contributed by atoms with Crippen molar-refractivity contribution in [1.29, 1.82) is 0 Å². The Morgan fingerprint density at radius 1 is 1.55 bits per heavy atom. The van der Waals surface area contributed by atoms with Crippen LogP contribution in [0.5, 0.6) is 5.75 Å².